The number of fused-ring (bicyclic) bond motifs is 3. The van der Waals surface area contributed by atoms with Gasteiger partial charge in [-0.05, 0) is 23.8 Å². The molecule has 0 saturated heterocycles. The van der Waals surface area contributed by atoms with Crippen LogP contribution in [0.5, 0.6) is 0 Å². The van der Waals surface area contributed by atoms with Crippen molar-refractivity contribution < 1.29 is 9.90 Å². The standard InChI is InChI=1S/C18H12N2O2/c21-18(22)13-10-11-20-15-9-5-4-8-14(15)19-17(20)16(13)12-6-2-1-3-7-12/h1-11H,(H,21,22). The van der Waals surface area contributed by atoms with Crippen molar-refractivity contribution in [1.29, 1.82) is 0 Å². The number of carboxylic acids is 1. The van der Waals surface area contributed by atoms with Crippen LogP contribution < -0.4 is 0 Å². The number of imidazole rings is 1. The van der Waals surface area contributed by atoms with E-state index in [-0.39, 0.29) is 5.56 Å². The van der Waals surface area contributed by atoms with Crippen LogP contribution in [0, 0.1) is 0 Å². The van der Waals surface area contributed by atoms with E-state index in [0.29, 0.717) is 11.2 Å². The fourth-order valence-corrected chi connectivity index (χ4v) is 2.79. The summed E-state index contributed by atoms with van der Waals surface area (Å²) in [5.74, 6) is -0.951. The molecule has 4 nitrogen and oxygen atoms in total. The summed E-state index contributed by atoms with van der Waals surface area (Å²) in [4.78, 5) is 16.3. The molecule has 0 spiro atoms. The average molecular weight is 288 g/mol. The van der Waals surface area contributed by atoms with E-state index in [1.807, 2.05) is 59.0 Å². The Morgan fingerprint density at radius 3 is 2.45 bits per heavy atom. The number of hydrogen-bond acceptors (Lipinski definition) is 2. The lowest BCUT2D eigenvalue weighted by atomic mass is 10.0. The van der Waals surface area contributed by atoms with Gasteiger partial charge < -0.3 is 5.11 Å². The highest BCUT2D eigenvalue weighted by Crippen LogP contribution is 2.30. The number of nitrogens with zero attached hydrogens (tertiary/aromatic N) is 2. The van der Waals surface area contributed by atoms with Crippen LogP contribution in [0.3, 0.4) is 0 Å². The Labute approximate surface area is 126 Å². The van der Waals surface area contributed by atoms with Crippen molar-refractivity contribution in [3.05, 3.63) is 72.4 Å². The molecular formula is C18H12N2O2. The van der Waals surface area contributed by atoms with Crippen molar-refractivity contribution >= 4 is 22.6 Å². The van der Waals surface area contributed by atoms with Gasteiger partial charge in [0.05, 0.1) is 16.6 Å². The van der Waals surface area contributed by atoms with Gasteiger partial charge in [-0.15, -0.1) is 0 Å². The van der Waals surface area contributed by atoms with Crippen LogP contribution in [0.25, 0.3) is 27.8 Å². The molecule has 0 fully saturated rings. The molecule has 0 unspecified atom stereocenters. The molecule has 0 aliphatic carbocycles. The number of benzene rings is 2. The SMILES string of the molecule is O=C(O)c1ccn2c(nc3ccccc32)c1-c1ccccc1. The Morgan fingerprint density at radius 2 is 1.68 bits per heavy atom. The van der Waals surface area contributed by atoms with E-state index in [2.05, 4.69) is 4.98 Å². The van der Waals surface area contributed by atoms with Gasteiger partial charge in [0.1, 0.15) is 5.65 Å². The van der Waals surface area contributed by atoms with E-state index in [1.54, 1.807) is 12.3 Å². The van der Waals surface area contributed by atoms with Crippen molar-refractivity contribution in [3.63, 3.8) is 0 Å². The average Bonchev–Trinajstić information content (AvgIpc) is 2.93. The van der Waals surface area contributed by atoms with Crippen LogP contribution in [0.1, 0.15) is 10.4 Å². The van der Waals surface area contributed by atoms with Crippen LogP contribution in [0.4, 0.5) is 0 Å². The van der Waals surface area contributed by atoms with E-state index < -0.39 is 5.97 Å². The first kappa shape index (κ1) is 12.6. The molecule has 22 heavy (non-hydrogen) atoms. The second-order valence-corrected chi connectivity index (χ2v) is 5.07. The Morgan fingerprint density at radius 1 is 0.955 bits per heavy atom. The number of carboxylic acid groups (broad SMARTS) is 1. The highest BCUT2D eigenvalue weighted by molar-refractivity contribution is 6.01. The van der Waals surface area contributed by atoms with Gasteiger partial charge in [0.15, 0.2) is 0 Å². The summed E-state index contributed by atoms with van der Waals surface area (Å²) < 4.78 is 1.93. The molecule has 2 heterocycles. The summed E-state index contributed by atoms with van der Waals surface area (Å²) >= 11 is 0. The lowest BCUT2D eigenvalue weighted by Crippen LogP contribution is -2.02. The molecule has 4 aromatic rings. The van der Waals surface area contributed by atoms with Crippen molar-refractivity contribution in [2.75, 3.05) is 0 Å². The first-order valence-corrected chi connectivity index (χ1v) is 6.94. The van der Waals surface area contributed by atoms with Gasteiger partial charge in [0.2, 0.25) is 0 Å². The normalized spacial score (nSPS) is 11.1. The van der Waals surface area contributed by atoms with Crippen molar-refractivity contribution in [2.24, 2.45) is 0 Å². The summed E-state index contributed by atoms with van der Waals surface area (Å²) in [6.07, 6.45) is 1.76. The predicted octanol–water partition coefficient (Wildman–Crippen LogP) is 3.85. The number of aromatic carboxylic acids is 1. The number of rotatable bonds is 2. The Hall–Kier alpha value is -3.14. The number of pyridine rings is 1. The van der Waals surface area contributed by atoms with Gasteiger partial charge in [-0.25, -0.2) is 9.78 Å². The largest absolute Gasteiger partial charge is 0.478 e. The lowest BCUT2D eigenvalue weighted by molar-refractivity contribution is 0.0697. The van der Waals surface area contributed by atoms with E-state index in [4.69, 9.17) is 0 Å². The van der Waals surface area contributed by atoms with Gasteiger partial charge in [0, 0.05) is 11.8 Å². The molecule has 0 saturated carbocycles. The Bertz CT molecular complexity index is 1000. The second-order valence-electron chi connectivity index (χ2n) is 5.07. The summed E-state index contributed by atoms with van der Waals surface area (Å²) in [6.45, 7) is 0. The summed E-state index contributed by atoms with van der Waals surface area (Å²) in [7, 11) is 0. The zero-order valence-electron chi connectivity index (χ0n) is 11.6. The number of para-hydroxylation sites is 2. The van der Waals surface area contributed by atoms with Crippen LogP contribution in [-0.4, -0.2) is 20.5 Å². The van der Waals surface area contributed by atoms with Gasteiger partial charge in [0.25, 0.3) is 0 Å². The second kappa shape index (κ2) is 4.70. The van der Waals surface area contributed by atoms with E-state index in [1.165, 1.54) is 0 Å². The minimum atomic E-state index is -0.951. The van der Waals surface area contributed by atoms with Crippen molar-refractivity contribution in [2.45, 2.75) is 0 Å². The maximum absolute atomic E-state index is 11.6. The summed E-state index contributed by atoms with van der Waals surface area (Å²) in [5.41, 5.74) is 4.22. The molecule has 0 aliphatic rings. The fraction of sp³-hybridized carbons (Fsp3) is 0. The third-order valence-electron chi connectivity index (χ3n) is 3.77. The number of carbonyl (C=O) groups is 1. The minimum absolute atomic E-state index is 0.258. The van der Waals surface area contributed by atoms with Crippen LogP contribution in [-0.2, 0) is 0 Å². The molecule has 106 valence electrons. The first-order chi connectivity index (χ1) is 10.8. The van der Waals surface area contributed by atoms with Crippen molar-refractivity contribution in [3.8, 4) is 11.1 Å². The summed E-state index contributed by atoms with van der Waals surface area (Å²) in [5, 5.41) is 9.52. The Kier molecular flexibility index (Phi) is 2.69. The Balaban J connectivity index is 2.18. The van der Waals surface area contributed by atoms with Gasteiger partial charge in [-0.1, -0.05) is 42.5 Å². The zero-order valence-corrected chi connectivity index (χ0v) is 11.6. The van der Waals surface area contributed by atoms with Gasteiger partial charge >= 0.3 is 5.97 Å². The van der Waals surface area contributed by atoms with Gasteiger partial charge in [-0.3, -0.25) is 4.40 Å². The maximum Gasteiger partial charge on any atom is 0.336 e. The van der Waals surface area contributed by atoms with Crippen LogP contribution in [0.2, 0.25) is 0 Å². The van der Waals surface area contributed by atoms with E-state index in [0.717, 1.165) is 16.6 Å². The molecule has 0 amide bonds. The number of aromatic nitrogens is 2. The third-order valence-corrected chi connectivity index (χ3v) is 3.77. The molecule has 0 atom stereocenters. The highest BCUT2D eigenvalue weighted by Gasteiger charge is 2.18. The zero-order chi connectivity index (χ0) is 15.1. The molecule has 4 heteroatoms. The molecule has 0 radical (unpaired) electrons. The molecule has 2 aromatic heterocycles. The van der Waals surface area contributed by atoms with E-state index >= 15 is 0 Å². The molecule has 0 aliphatic heterocycles. The molecule has 0 bridgehead atoms. The topological polar surface area (TPSA) is 54.6 Å². The maximum atomic E-state index is 11.6. The minimum Gasteiger partial charge on any atom is -0.478 e. The predicted molar refractivity (Wildman–Crippen MR) is 85.1 cm³/mol. The molecular weight excluding hydrogens is 276 g/mol. The molecule has 4 rings (SSSR count). The van der Waals surface area contributed by atoms with Crippen molar-refractivity contribution in [1.82, 2.24) is 9.38 Å². The van der Waals surface area contributed by atoms with E-state index in [9.17, 15) is 9.90 Å². The fourth-order valence-electron chi connectivity index (χ4n) is 2.79. The lowest BCUT2D eigenvalue weighted by Gasteiger charge is -2.08. The first-order valence-electron chi connectivity index (χ1n) is 6.94. The highest BCUT2D eigenvalue weighted by atomic mass is 16.4. The molecule has 2 aromatic carbocycles. The smallest absolute Gasteiger partial charge is 0.336 e. The van der Waals surface area contributed by atoms with Gasteiger partial charge in [-0.2, -0.15) is 0 Å². The third kappa shape index (κ3) is 1.78. The monoisotopic (exact) mass is 288 g/mol. The van der Waals surface area contributed by atoms with Crippen LogP contribution >= 0.6 is 0 Å². The quantitative estimate of drug-likeness (QED) is 0.609. The van der Waals surface area contributed by atoms with Crippen LogP contribution in [0.15, 0.2) is 66.9 Å². The number of hydrogen-bond donors (Lipinski definition) is 1. The molecule has 1 N–H and O–H groups in total. The summed E-state index contributed by atoms with van der Waals surface area (Å²) in [6, 6.07) is 18.9.